The summed E-state index contributed by atoms with van der Waals surface area (Å²) < 4.78 is 8.98. The van der Waals surface area contributed by atoms with E-state index in [-0.39, 0.29) is 0 Å². The number of para-hydroxylation sites is 1. The standard InChI is InChI=1S/C40H25NOS/c1-2-9-26(10-3-1)27-17-19-28(20-18-27)41(29-21-22-32-31-11-4-6-15-36(31)42-37(32)25-29)35-14-8-13-33-30(35)23-24-39-40(33)34-12-5-7-16-38(34)43-39/h1-25H. The Hall–Kier alpha value is -5.38. The first-order valence-corrected chi connectivity index (χ1v) is 15.3. The summed E-state index contributed by atoms with van der Waals surface area (Å²) in [5.41, 5.74) is 7.49. The average molecular weight is 568 g/mol. The maximum atomic E-state index is 6.35. The van der Waals surface area contributed by atoms with Gasteiger partial charge in [0.25, 0.3) is 0 Å². The van der Waals surface area contributed by atoms with E-state index in [1.54, 1.807) is 0 Å². The number of hydrogen-bond acceptors (Lipinski definition) is 3. The lowest BCUT2D eigenvalue weighted by Crippen LogP contribution is -2.10. The third kappa shape index (κ3) is 3.86. The minimum absolute atomic E-state index is 0.885. The van der Waals surface area contributed by atoms with Gasteiger partial charge in [-0.2, -0.15) is 0 Å². The third-order valence-electron chi connectivity index (χ3n) is 8.47. The number of anilines is 3. The van der Waals surface area contributed by atoms with Crippen LogP contribution in [0.4, 0.5) is 17.1 Å². The Bertz CT molecular complexity index is 2450. The van der Waals surface area contributed by atoms with Crippen LogP contribution in [0, 0.1) is 0 Å². The van der Waals surface area contributed by atoms with E-state index >= 15 is 0 Å². The van der Waals surface area contributed by atoms with Crippen molar-refractivity contribution in [1.29, 1.82) is 0 Å². The number of rotatable bonds is 4. The molecule has 0 N–H and O–H groups in total. The van der Waals surface area contributed by atoms with E-state index < -0.39 is 0 Å². The number of fused-ring (bicyclic) bond motifs is 8. The molecule has 9 rings (SSSR count). The highest BCUT2D eigenvalue weighted by molar-refractivity contribution is 7.26. The highest BCUT2D eigenvalue weighted by Crippen LogP contribution is 2.45. The van der Waals surface area contributed by atoms with Crippen LogP contribution < -0.4 is 4.90 Å². The van der Waals surface area contributed by atoms with Crippen LogP contribution in [0.15, 0.2) is 156 Å². The molecule has 0 saturated carbocycles. The predicted molar refractivity (Wildman–Crippen MR) is 184 cm³/mol. The summed E-state index contributed by atoms with van der Waals surface area (Å²) in [5, 5.41) is 7.39. The zero-order chi connectivity index (χ0) is 28.3. The minimum Gasteiger partial charge on any atom is -0.456 e. The van der Waals surface area contributed by atoms with Gasteiger partial charge >= 0.3 is 0 Å². The molecule has 0 aliphatic carbocycles. The SMILES string of the molecule is c1ccc(-c2ccc(N(c3ccc4c(c3)oc3ccccc34)c3cccc4c3ccc3sc5ccccc5c34)cc2)cc1. The highest BCUT2D eigenvalue weighted by atomic mass is 32.1. The molecule has 0 fully saturated rings. The predicted octanol–water partition coefficient (Wildman–Crippen LogP) is 12.2. The number of thiophene rings is 1. The molecule has 0 spiro atoms. The fourth-order valence-corrected chi connectivity index (χ4v) is 7.60. The number of benzene rings is 7. The van der Waals surface area contributed by atoms with Gasteiger partial charge in [0.15, 0.2) is 0 Å². The Labute approximate surface area is 252 Å². The van der Waals surface area contributed by atoms with Crippen LogP contribution in [0.25, 0.3) is 64.0 Å². The molecule has 43 heavy (non-hydrogen) atoms. The first-order chi connectivity index (χ1) is 21.3. The van der Waals surface area contributed by atoms with E-state index in [9.17, 15) is 0 Å². The average Bonchev–Trinajstić information content (AvgIpc) is 3.64. The molecule has 0 unspecified atom stereocenters. The summed E-state index contributed by atoms with van der Waals surface area (Å²) in [6.07, 6.45) is 0. The molecule has 0 aliphatic heterocycles. The summed E-state index contributed by atoms with van der Waals surface area (Å²) in [6.45, 7) is 0. The quantitative estimate of drug-likeness (QED) is 0.210. The highest BCUT2D eigenvalue weighted by Gasteiger charge is 2.19. The first kappa shape index (κ1) is 24.2. The lowest BCUT2D eigenvalue weighted by molar-refractivity contribution is 0.669. The van der Waals surface area contributed by atoms with Crippen LogP contribution in [0.5, 0.6) is 0 Å². The Balaban J connectivity index is 1.29. The molecule has 0 aliphatic rings. The monoisotopic (exact) mass is 567 g/mol. The van der Waals surface area contributed by atoms with Crippen LogP contribution in [-0.4, -0.2) is 0 Å². The molecule has 0 atom stereocenters. The summed E-state index contributed by atoms with van der Waals surface area (Å²) in [4.78, 5) is 2.37. The van der Waals surface area contributed by atoms with Gasteiger partial charge in [-0.1, -0.05) is 97.1 Å². The van der Waals surface area contributed by atoms with Crippen molar-refractivity contribution in [3.05, 3.63) is 152 Å². The second kappa shape index (κ2) is 9.59. The van der Waals surface area contributed by atoms with Crippen molar-refractivity contribution in [2.24, 2.45) is 0 Å². The Morgan fingerprint density at radius 3 is 1.98 bits per heavy atom. The molecule has 9 aromatic rings. The van der Waals surface area contributed by atoms with Gasteiger partial charge in [-0.05, 0) is 65.0 Å². The van der Waals surface area contributed by atoms with Gasteiger partial charge in [0.05, 0.1) is 5.69 Å². The van der Waals surface area contributed by atoms with Crippen molar-refractivity contribution in [2.45, 2.75) is 0 Å². The molecule has 2 heterocycles. The van der Waals surface area contributed by atoms with Crippen molar-refractivity contribution in [3.8, 4) is 11.1 Å². The molecule has 0 amide bonds. The van der Waals surface area contributed by atoms with Crippen molar-refractivity contribution < 1.29 is 4.42 Å². The molecular weight excluding hydrogens is 543 g/mol. The van der Waals surface area contributed by atoms with Gasteiger partial charge < -0.3 is 9.32 Å². The van der Waals surface area contributed by atoms with Gasteiger partial charge in [-0.15, -0.1) is 11.3 Å². The second-order valence-electron chi connectivity index (χ2n) is 10.9. The fraction of sp³-hybridized carbons (Fsp3) is 0. The van der Waals surface area contributed by atoms with E-state index in [1.807, 2.05) is 23.5 Å². The molecule has 7 aromatic carbocycles. The van der Waals surface area contributed by atoms with E-state index in [2.05, 4.69) is 144 Å². The maximum absolute atomic E-state index is 6.35. The van der Waals surface area contributed by atoms with E-state index in [0.717, 1.165) is 39.0 Å². The number of furan rings is 1. The Morgan fingerprint density at radius 2 is 1.09 bits per heavy atom. The van der Waals surface area contributed by atoms with Crippen LogP contribution in [-0.2, 0) is 0 Å². The van der Waals surface area contributed by atoms with Crippen LogP contribution in [0.1, 0.15) is 0 Å². The van der Waals surface area contributed by atoms with Crippen LogP contribution in [0.2, 0.25) is 0 Å². The van der Waals surface area contributed by atoms with Crippen molar-refractivity contribution in [3.63, 3.8) is 0 Å². The Morgan fingerprint density at radius 1 is 0.419 bits per heavy atom. The van der Waals surface area contributed by atoms with Crippen molar-refractivity contribution in [1.82, 2.24) is 0 Å². The van der Waals surface area contributed by atoms with Gasteiger partial charge in [0.2, 0.25) is 0 Å². The van der Waals surface area contributed by atoms with Gasteiger partial charge in [-0.25, -0.2) is 0 Å². The maximum Gasteiger partial charge on any atom is 0.137 e. The van der Waals surface area contributed by atoms with E-state index in [4.69, 9.17) is 4.42 Å². The Kier molecular flexibility index (Phi) is 5.40. The fourth-order valence-electron chi connectivity index (χ4n) is 6.47. The molecule has 0 bridgehead atoms. The summed E-state index contributed by atoms with van der Waals surface area (Å²) >= 11 is 1.86. The van der Waals surface area contributed by atoms with E-state index in [1.165, 1.54) is 42.1 Å². The largest absolute Gasteiger partial charge is 0.456 e. The molecule has 3 heteroatoms. The lowest BCUT2D eigenvalue weighted by atomic mass is 10.0. The smallest absolute Gasteiger partial charge is 0.137 e. The van der Waals surface area contributed by atoms with Gasteiger partial charge in [-0.3, -0.25) is 0 Å². The molecule has 2 nitrogen and oxygen atoms in total. The molecule has 202 valence electrons. The minimum atomic E-state index is 0.885. The molecule has 0 radical (unpaired) electrons. The molecular formula is C40H25NOS. The zero-order valence-electron chi connectivity index (χ0n) is 23.2. The summed E-state index contributed by atoms with van der Waals surface area (Å²) in [6, 6.07) is 54.2. The van der Waals surface area contributed by atoms with Crippen LogP contribution in [0.3, 0.4) is 0 Å². The van der Waals surface area contributed by atoms with Gasteiger partial charge in [0.1, 0.15) is 11.2 Å². The van der Waals surface area contributed by atoms with Crippen molar-refractivity contribution >= 4 is 81.3 Å². The topological polar surface area (TPSA) is 16.4 Å². The normalized spacial score (nSPS) is 11.7. The number of nitrogens with zero attached hydrogens (tertiary/aromatic N) is 1. The van der Waals surface area contributed by atoms with Crippen molar-refractivity contribution in [2.75, 3.05) is 4.90 Å². The zero-order valence-corrected chi connectivity index (χ0v) is 24.0. The second-order valence-corrected chi connectivity index (χ2v) is 12.0. The summed E-state index contributed by atoms with van der Waals surface area (Å²) in [5.74, 6) is 0. The lowest BCUT2D eigenvalue weighted by Gasteiger charge is -2.27. The third-order valence-corrected chi connectivity index (χ3v) is 9.61. The molecule has 0 saturated heterocycles. The summed E-state index contributed by atoms with van der Waals surface area (Å²) in [7, 11) is 0. The number of hydrogen-bond donors (Lipinski definition) is 0. The molecule has 2 aromatic heterocycles. The van der Waals surface area contributed by atoms with Crippen LogP contribution >= 0.6 is 11.3 Å². The first-order valence-electron chi connectivity index (χ1n) is 14.5. The van der Waals surface area contributed by atoms with Gasteiger partial charge in [0, 0.05) is 53.8 Å². The van der Waals surface area contributed by atoms with E-state index in [0.29, 0.717) is 0 Å².